The third-order valence-corrected chi connectivity index (χ3v) is 15.3. The van der Waals surface area contributed by atoms with Gasteiger partial charge < -0.3 is 79.1 Å². The van der Waals surface area contributed by atoms with Gasteiger partial charge in [0.1, 0.15) is 67.1 Å². The maximum atomic E-state index is 11.2. The highest BCUT2D eigenvalue weighted by atomic mass is 16.8. The maximum absolute atomic E-state index is 11.2. The summed E-state index contributed by atoms with van der Waals surface area (Å²) < 4.78 is 42.0. The zero-order chi connectivity index (χ0) is 40.4. The summed E-state index contributed by atoms with van der Waals surface area (Å²) >= 11 is 0. The molecule has 0 amide bonds. The van der Waals surface area contributed by atoms with E-state index in [-0.39, 0.29) is 29.0 Å². The second-order valence-corrected chi connectivity index (χ2v) is 18.3. The predicted octanol–water partition coefficient (Wildman–Crippen LogP) is -0.539. The molecule has 0 aromatic rings. The highest BCUT2D eigenvalue weighted by Crippen LogP contribution is 2.67. The summed E-state index contributed by atoms with van der Waals surface area (Å²) in [7, 11) is 1.41. The van der Waals surface area contributed by atoms with E-state index in [1.807, 2.05) is 6.92 Å². The lowest BCUT2D eigenvalue weighted by Crippen LogP contribution is -2.65. The first-order valence-electron chi connectivity index (χ1n) is 20.7. The van der Waals surface area contributed by atoms with Crippen molar-refractivity contribution in [2.75, 3.05) is 20.3 Å². The maximum Gasteiger partial charge on any atom is 0.187 e. The van der Waals surface area contributed by atoms with Gasteiger partial charge in [-0.05, 0) is 99.7 Å². The average molecular weight is 803 g/mol. The van der Waals surface area contributed by atoms with Crippen LogP contribution in [0.3, 0.4) is 0 Å². The molecule has 4 aliphatic carbocycles. The van der Waals surface area contributed by atoms with Gasteiger partial charge in [-0.25, -0.2) is 0 Å². The minimum Gasteiger partial charge on any atom is -0.394 e. The molecule has 16 heteroatoms. The number of aliphatic hydroxyl groups excluding tert-OH is 9. The molecule has 3 heterocycles. The van der Waals surface area contributed by atoms with Crippen molar-refractivity contribution < 1.29 is 79.1 Å². The lowest BCUT2D eigenvalue weighted by Gasteiger charge is -2.58. The van der Waals surface area contributed by atoms with Gasteiger partial charge in [0, 0.05) is 7.11 Å². The standard InChI is InChI=1S/C40H66O16/c1-17(22-8-9-23-21-7-6-19-14-20(42)10-12-39(19,3)24(21)11-13-40(22,23)4)52-38-35(34(50-5)27(43)18(2)53-38)56-37-33(49)31(47)29(45)26(55-37)16-51-36-32(48)30(46)28(44)25(15-41)54-36/h6,17-18,20-38,41-49H,7-16H2,1-5H3/t17?,18-,20+,21?,22-,23?,24?,25-,26-,27+,28-,29-,30+,31+,32-,33-,34+,35-,36+,37-,38+,39+,40-/m1/s1. The summed E-state index contributed by atoms with van der Waals surface area (Å²) in [6, 6.07) is 0. The average Bonchev–Trinajstić information content (AvgIpc) is 3.54. The Bertz CT molecular complexity index is 1370. The Kier molecular flexibility index (Phi) is 13.0. The number of ether oxygens (including phenoxy) is 7. The Hall–Kier alpha value is -0.900. The third-order valence-electron chi connectivity index (χ3n) is 15.3. The Morgan fingerprint density at radius 2 is 1.43 bits per heavy atom. The fourth-order valence-electron chi connectivity index (χ4n) is 12.0. The molecule has 9 N–H and O–H groups in total. The fourth-order valence-corrected chi connectivity index (χ4v) is 12.0. The number of rotatable bonds is 10. The molecule has 0 aromatic heterocycles. The van der Waals surface area contributed by atoms with Crippen molar-refractivity contribution in [3.63, 3.8) is 0 Å². The normalized spacial score (nSPS) is 54.1. The van der Waals surface area contributed by atoms with Crippen LogP contribution in [0.1, 0.15) is 79.1 Å². The molecule has 16 nitrogen and oxygen atoms in total. The number of fused-ring (bicyclic) bond motifs is 5. The molecule has 7 aliphatic rings. The van der Waals surface area contributed by atoms with Crippen molar-refractivity contribution in [2.24, 2.45) is 34.5 Å². The van der Waals surface area contributed by atoms with Crippen LogP contribution in [0.4, 0.5) is 0 Å². The molecule has 3 saturated heterocycles. The lowest BCUT2D eigenvalue weighted by atomic mass is 9.47. The van der Waals surface area contributed by atoms with Crippen molar-refractivity contribution in [2.45, 2.75) is 183 Å². The summed E-state index contributed by atoms with van der Waals surface area (Å²) in [4.78, 5) is 0. The van der Waals surface area contributed by atoms with Crippen LogP contribution < -0.4 is 0 Å². The number of hydrogen-bond acceptors (Lipinski definition) is 16. The second kappa shape index (κ2) is 16.9. The zero-order valence-corrected chi connectivity index (χ0v) is 33.2. The topological polar surface area (TPSA) is 247 Å². The van der Waals surface area contributed by atoms with E-state index >= 15 is 0 Å². The second-order valence-electron chi connectivity index (χ2n) is 18.3. The Morgan fingerprint density at radius 1 is 0.750 bits per heavy atom. The van der Waals surface area contributed by atoms with Gasteiger partial charge in [-0.2, -0.15) is 0 Å². The smallest absolute Gasteiger partial charge is 0.187 e. The molecule has 0 radical (unpaired) electrons. The van der Waals surface area contributed by atoms with Gasteiger partial charge >= 0.3 is 0 Å². The number of hydrogen-bond donors (Lipinski definition) is 9. The lowest BCUT2D eigenvalue weighted by molar-refractivity contribution is -0.376. The van der Waals surface area contributed by atoms with Crippen molar-refractivity contribution in [1.29, 1.82) is 0 Å². The third kappa shape index (κ3) is 7.56. The van der Waals surface area contributed by atoms with E-state index in [1.165, 1.54) is 12.7 Å². The molecule has 4 unspecified atom stereocenters. The van der Waals surface area contributed by atoms with Gasteiger partial charge in [0.25, 0.3) is 0 Å². The van der Waals surface area contributed by atoms with E-state index in [1.54, 1.807) is 6.92 Å². The SMILES string of the molecule is CO[C@H]1[C@@H](O)[C@@H](C)O[C@H](OC(C)[C@H]2CCC3C4CC=C5C[C@@H](O)CC[C@]5(C)C4CC[C@@]32C)[C@@H]1O[C@H]1O[C@H](CO[C@H]2O[C@H](CO)[C@@H](O)[C@H](O)[C@H]2O)[C@@H](O)[C@H](O)[C@H]1O. The number of aliphatic hydroxyl groups is 9. The van der Waals surface area contributed by atoms with Crippen LogP contribution in [0.15, 0.2) is 11.6 Å². The fraction of sp³-hybridized carbons (Fsp3) is 0.950. The van der Waals surface area contributed by atoms with Crippen LogP contribution in [0, 0.1) is 34.5 Å². The minimum atomic E-state index is -1.78. The molecule has 322 valence electrons. The molecule has 23 atom stereocenters. The van der Waals surface area contributed by atoms with Crippen LogP contribution in [0.25, 0.3) is 0 Å². The Morgan fingerprint density at radius 3 is 2.12 bits per heavy atom. The van der Waals surface area contributed by atoms with Gasteiger partial charge in [-0.15, -0.1) is 0 Å². The van der Waals surface area contributed by atoms with E-state index in [0.29, 0.717) is 17.8 Å². The van der Waals surface area contributed by atoms with Crippen molar-refractivity contribution >= 4 is 0 Å². The number of allylic oxidation sites excluding steroid dienone is 1. The Balaban J connectivity index is 1.04. The molecule has 3 aliphatic heterocycles. The first kappa shape index (κ1) is 43.2. The molecular weight excluding hydrogens is 736 g/mol. The van der Waals surface area contributed by atoms with E-state index in [0.717, 1.165) is 51.4 Å². The van der Waals surface area contributed by atoms with Gasteiger partial charge in [0.05, 0.1) is 31.5 Å². The molecular formula is C40H66O16. The molecule has 0 spiro atoms. The molecule has 6 fully saturated rings. The van der Waals surface area contributed by atoms with Crippen molar-refractivity contribution in [3.8, 4) is 0 Å². The van der Waals surface area contributed by atoms with E-state index in [4.69, 9.17) is 33.2 Å². The minimum absolute atomic E-state index is 0.0182. The summed E-state index contributed by atoms with van der Waals surface area (Å²) in [5, 5.41) is 94.6. The molecule has 3 saturated carbocycles. The van der Waals surface area contributed by atoms with Crippen molar-refractivity contribution in [1.82, 2.24) is 0 Å². The summed E-state index contributed by atoms with van der Waals surface area (Å²) in [5.41, 5.74) is 1.60. The van der Waals surface area contributed by atoms with E-state index in [2.05, 4.69) is 19.9 Å². The summed E-state index contributed by atoms with van der Waals surface area (Å²) in [6.45, 7) is 7.38. The molecule has 0 aromatic carbocycles. The highest BCUT2D eigenvalue weighted by Gasteiger charge is 2.60. The van der Waals surface area contributed by atoms with Crippen LogP contribution in [-0.4, -0.2) is 171 Å². The van der Waals surface area contributed by atoms with Crippen LogP contribution in [-0.2, 0) is 33.2 Å². The quantitative estimate of drug-likeness (QED) is 0.126. The van der Waals surface area contributed by atoms with Gasteiger partial charge in [0.15, 0.2) is 18.9 Å². The van der Waals surface area contributed by atoms with Gasteiger partial charge in [0.2, 0.25) is 0 Å². The van der Waals surface area contributed by atoms with E-state index in [9.17, 15) is 46.0 Å². The summed E-state index contributed by atoms with van der Waals surface area (Å²) in [6.07, 6.45) is -11.2. The molecule has 7 rings (SSSR count). The zero-order valence-electron chi connectivity index (χ0n) is 33.2. The largest absolute Gasteiger partial charge is 0.394 e. The monoisotopic (exact) mass is 802 g/mol. The first-order chi connectivity index (χ1) is 26.5. The van der Waals surface area contributed by atoms with Crippen LogP contribution >= 0.6 is 0 Å². The van der Waals surface area contributed by atoms with Crippen LogP contribution in [0.5, 0.6) is 0 Å². The highest BCUT2D eigenvalue weighted by molar-refractivity contribution is 5.25. The number of methoxy groups -OCH3 is 1. The summed E-state index contributed by atoms with van der Waals surface area (Å²) in [5.74, 6) is 1.87. The van der Waals surface area contributed by atoms with Crippen molar-refractivity contribution in [3.05, 3.63) is 11.6 Å². The van der Waals surface area contributed by atoms with E-state index < -0.39 is 105 Å². The van der Waals surface area contributed by atoms with Crippen LogP contribution in [0.2, 0.25) is 0 Å². The predicted molar refractivity (Wildman–Crippen MR) is 194 cm³/mol. The first-order valence-corrected chi connectivity index (χ1v) is 20.7. The van der Waals surface area contributed by atoms with Gasteiger partial charge in [-0.1, -0.05) is 25.5 Å². The molecule has 0 bridgehead atoms. The van der Waals surface area contributed by atoms with Gasteiger partial charge in [-0.3, -0.25) is 0 Å². The molecule has 56 heavy (non-hydrogen) atoms. The Labute approximate surface area is 328 Å².